The van der Waals surface area contributed by atoms with Crippen molar-refractivity contribution >= 4 is 11.7 Å². The number of hydrogen-bond acceptors (Lipinski definition) is 6. The molecule has 0 fully saturated rings. The lowest BCUT2D eigenvalue weighted by Crippen LogP contribution is -2.26. The fraction of sp³-hybridized carbons (Fsp3) is 0.667. The molecule has 0 unspecified atom stereocenters. The Hall–Kier alpha value is -1.63. The highest BCUT2D eigenvalue weighted by Crippen LogP contribution is 2.02. The van der Waals surface area contributed by atoms with Crippen LogP contribution in [-0.2, 0) is 4.74 Å². The highest BCUT2D eigenvalue weighted by atomic mass is 16.6. The van der Waals surface area contributed by atoms with Crippen LogP contribution in [0.2, 0.25) is 0 Å². The highest BCUT2D eigenvalue weighted by Gasteiger charge is 2.14. The topological polar surface area (TPSA) is 103 Å². The van der Waals surface area contributed by atoms with E-state index in [2.05, 4.69) is 20.3 Å². The molecular weight excluding hydrogens is 212 g/mol. The third-order valence-corrected chi connectivity index (χ3v) is 1.79. The predicted molar refractivity (Wildman–Crippen MR) is 56.7 cm³/mol. The summed E-state index contributed by atoms with van der Waals surface area (Å²) in [7, 11) is 0. The Bertz CT molecular complexity index is 337. The number of nitrogens with two attached hydrogens (primary N) is 1. The minimum absolute atomic E-state index is 0.00377. The first-order valence-corrected chi connectivity index (χ1v) is 5.09. The zero-order valence-corrected chi connectivity index (χ0v) is 9.40. The second-order valence-corrected chi connectivity index (χ2v) is 3.53. The molecule has 1 amide bonds. The van der Waals surface area contributed by atoms with Gasteiger partial charge in [0.15, 0.2) is 0 Å². The van der Waals surface area contributed by atoms with E-state index in [1.54, 1.807) is 0 Å². The Kier molecular flexibility index (Phi) is 4.71. The van der Waals surface area contributed by atoms with Crippen LogP contribution < -0.4 is 11.1 Å². The molecule has 90 valence electrons. The molecule has 16 heavy (non-hydrogen) atoms. The van der Waals surface area contributed by atoms with Crippen molar-refractivity contribution in [1.82, 2.24) is 15.6 Å². The molecule has 1 aromatic heterocycles. The van der Waals surface area contributed by atoms with Crippen LogP contribution in [-0.4, -0.2) is 35.5 Å². The summed E-state index contributed by atoms with van der Waals surface area (Å²) >= 11 is 0. The second-order valence-electron chi connectivity index (χ2n) is 3.53. The van der Waals surface area contributed by atoms with Gasteiger partial charge in [-0.1, -0.05) is 0 Å². The van der Waals surface area contributed by atoms with Crippen LogP contribution in [0.25, 0.3) is 0 Å². The molecule has 7 heteroatoms. The average molecular weight is 228 g/mol. The Morgan fingerprint density at radius 3 is 2.88 bits per heavy atom. The number of nitrogen functional groups attached to an aromatic ring is 1. The van der Waals surface area contributed by atoms with Gasteiger partial charge in [-0.05, 0) is 30.6 Å². The first-order valence-electron chi connectivity index (χ1n) is 5.09. The van der Waals surface area contributed by atoms with Crippen molar-refractivity contribution in [3.05, 3.63) is 5.69 Å². The molecular formula is C9H16N4O3. The molecule has 0 aliphatic carbocycles. The fourth-order valence-electron chi connectivity index (χ4n) is 1.03. The first kappa shape index (κ1) is 12.4. The molecule has 1 heterocycles. The van der Waals surface area contributed by atoms with E-state index in [0.717, 1.165) is 6.42 Å². The maximum Gasteiger partial charge on any atom is 0.277 e. The van der Waals surface area contributed by atoms with Gasteiger partial charge in [0, 0.05) is 13.2 Å². The summed E-state index contributed by atoms with van der Waals surface area (Å²) in [5.74, 6) is -0.390. The van der Waals surface area contributed by atoms with E-state index in [1.165, 1.54) is 0 Å². The Labute approximate surface area is 93.3 Å². The molecule has 0 bridgehead atoms. The van der Waals surface area contributed by atoms with E-state index >= 15 is 0 Å². The predicted octanol–water partition coefficient (Wildman–Crippen LogP) is 0.197. The van der Waals surface area contributed by atoms with Crippen molar-refractivity contribution in [2.24, 2.45) is 0 Å². The van der Waals surface area contributed by atoms with Crippen LogP contribution in [0.1, 0.15) is 30.8 Å². The zero-order chi connectivity index (χ0) is 12.0. The molecule has 0 aliphatic rings. The van der Waals surface area contributed by atoms with Crippen LogP contribution in [0.3, 0.4) is 0 Å². The molecule has 0 aromatic carbocycles. The van der Waals surface area contributed by atoms with E-state index in [0.29, 0.717) is 13.2 Å². The van der Waals surface area contributed by atoms with Gasteiger partial charge in [0.25, 0.3) is 5.91 Å². The number of anilines is 1. The lowest BCUT2D eigenvalue weighted by molar-refractivity contribution is 0.0756. The van der Waals surface area contributed by atoms with Gasteiger partial charge < -0.3 is 15.8 Å². The van der Waals surface area contributed by atoms with Gasteiger partial charge in [0.05, 0.1) is 6.10 Å². The van der Waals surface area contributed by atoms with E-state index < -0.39 is 0 Å². The quantitative estimate of drug-likeness (QED) is 0.674. The van der Waals surface area contributed by atoms with Crippen LogP contribution >= 0.6 is 0 Å². The van der Waals surface area contributed by atoms with Crippen LogP contribution in [0.4, 0.5) is 5.82 Å². The number of nitrogens with one attached hydrogen (secondary N) is 1. The van der Waals surface area contributed by atoms with Crippen molar-refractivity contribution in [2.75, 3.05) is 18.9 Å². The van der Waals surface area contributed by atoms with Crippen molar-refractivity contribution in [3.8, 4) is 0 Å². The Balaban J connectivity index is 2.19. The third kappa shape index (κ3) is 3.85. The average Bonchev–Trinajstić information content (AvgIpc) is 2.63. The zero-order valence-electron chi connectivity index (χ0n) is 9.40. The summed E-state index contributed by atoms with van der Waals surface area (Å²) in [6.07, 6.45) is 0.931. The van der Waals surface area contributed by atoms with Gasteiger partial charge in [-0.25, -0.2) is 4.63 Å². The molecule has 0 saturated heterocycles. The minimum Gasteiger partial charge on any atom is -0.379 e. The number of nitrogens with zero attached hydrogens (tertiary/aromatic N) is 2. The Morgan fingerprint density at radius 1 is 1.56 bits per heavy atom. The van der Waals surface area contributed by atoms with E-state index in [1.807, 2.05) is 13.8 Å². The number of hydrogen-bond donors (Lipinski definition) is 2. The van der Waals surface area contributed by atoms with Crippen molar-refractivity contribution in [2.45, 2.75) is 26.4 Å². The van der Waals surface area contributed by atoms with E-state index in [9.17, 15) is 4.79 Å². The first-order chi connectivity index (χ1) is 7.61. The largest absolute Gasteiger partial charge is 0.379 e. The molecule has 0 atom stereocenters. The van der Waals surface area contributed by atoms with E-state index in [4.69, 9.17) is 10.5 Å². The molecule has 7 nitrogen and oxygen atoms in total. The van der Waals surface area contributed by atoms with Crippen LogP contribution in [0.5, 0.6) is 0 Å². The maximum absolute atomic E-state index is 11.4. The van der Waals surface area contributed by atoms with Crippen LogP contribution in [0, 0.1) is 0 Å². The Morgan fingerprint density at radius 2 is 2.31 bits per heavy atom. The summed E-state index contributed by atoms with van der Waals surface area (Å²) in [4.78, 5) is 11.4. The van der Waals surface area contributed by atoms with Crippen molar-refractivity contribution in [1.29, 1.82) is 0 Å². The monoisotopic (exact) mass is 228 g/mol. The summed E-state index contributed by atoms with van der Waals surface area (Å²) in [5.41, 5.74) is 5.38. The number of amides is 1. The summed E-state index contributed by atoms with van der Waals surface area (Å²) in [6.45, 7) is 5.02. The number of rotatable bonds is 6. The van der Waals surface area contributed by atoms with E-state index in [-0.39, 0.29) is 23.5 Å². The maximum atomic E-state index is 11.4. The molecule has 3 N–H and O–H groups in total. The number of aromatic nitrogens is 2. The normalized spacial score (nSPS) is 10.7. The molecule has 1 rings (SSSR count). The summed E-state index contributed by atoms with van der Waals surface area (Å²) < 4.78 is 9.63. The number of ether oxygens (including phenoxy) is 1. The number of carbonyl (C=O) groups excluding carboxylic acids is 1. The molecule has 0 radical (unpaired) electrons. The molecule has 0 spiro atoms. The molecule has 0 saturated carbocycles. The van der Waals surface area contributed by atoms with Gasteiger partial charge in [-0.15, -0.1) is 0 Å². The van der Waals surface area contributed by atoms with Gasteiger partial charge in [-0.3, -0.25) is 4.79 Å². The SMILES string of the molecule is CC(C)OCCCNC(=O)c1nonc1N. The standard InChI is InChI=1S/C9H16N4O3/c1-6(2)15-5-3-4-11-9(14)7-8(10)13-16-12-7/h6H,3-5H2,1-2H3,(H2,10,13)(H,11,14). The summed E-state index contributed by atoms with van der Waals surface area (Å²) in [5, 5.41) is 9.34. The van der Waals surface area contributed by atoms with Gasteiger partial charge in [0.1, 0.15) is 0 Å². The van der Waals surface area contributed by atoms with Crippen LogP contribution in [0.15, 0.2) is 4.63 Å². The molecule has 0 aliphatic heterocycles. The fourth-order valence-corrected chi connectivity index (χ4v) is 1.03. The number of carbonyl (C=O) groups is 1. The highest BCUT2D eigenvalue weighted by molar-refractivity contribution is 5.95. The van der Waals surface area contributed by atoms with Crippen molar-refractivity contribution in [3.63, 3.8) is 0 Å². The van der Waals surface area contributed by atoms with Gasteiger partial charge >= 0.3 is 0 Å². The van der Waals surface area contributed by atoms with Gasteiger partial charge in [0.2, 0.25) is 11.5 Å². The lowest BCUT2D eigenvalue weighted by Gasteiger charge is -2.07. The third-order valence-electron chi connectivity index (χ3n) is 1.79. The lowest BCUT2D eigenvalue weighted by atomic mass is 10.3. The smallest absolute Gasteiger partial charge is 0.277 e. The van der Waals surface area contributed by atoms with Gasteiger partial charge in [-0.2, -0.15) is 0 Å². The molecule has 1 aromatic rings. The second kappa shape index (κ2) is 6.06. The van der Waals surface area contributed by atoms with Crippen molar-refractivity contribution < 1.29 is 14.2 Å². The summed E-state index contributed by atoms with van der Waals surface area (Å²) in [6, 6.07) is 0. The minimum atomic E-state index is -0.386.